The third-order valence-corrected chi connectivity index (χ3v) is 3.00. The van der Waals surface area contributed by atoms with E-state index in [1.807, 2.05) is 0 Å². The lowest BCUT2D eigenvalue weighted by molar-refractivity contribution is 0.457. The summed E-state index contributed by atoms with van der Waals surface area (Å²) in [5.41, 5.74) is 0. The fourth-order valence-electron chi connectivity index (χ4n) is 1.23. The van der Waals surface area contributed by atoms with E-state index in [2.05, 4.69) is 17.6 Å². The molecule has 0 aliphatic carbocycles. The van der Waals surface area contributed by atoms with Crippen LogP contribution in [-0.2, 0) is 0 Å². The summed E-state index contributed by atoms with van der Waals surface area (Å²) >= 11 is 1.79. The zero-order valence-electron chi connectivity index (χ0n) is 6.13. The Kier molecular flexibility index (Phi) is 3.04. The summed E-state index contributed by atoms with van der Waals surface area (Å²) in [4.78, 5) is 0. The summed E-state index contributed by atoms with van der Waals surface area (Å²) in [5, 5.41) is 12.5. The highest BCUT2D eigenvalue weighted by Gasteiger charge is 2.23. The van der Waals surface area contributed by atoms with Gasteiger partial charge in [-0.1, -0.05) is 0 Å². The van der Waals surface area contributed by atoms with Crippen molar-refractivity contribution in [3.05, 3.63) is 0 Å². The first-order valence-electron chi connectivity index (χ1n) is 3.51. The molecule has 1 saturated heterocycles. The largest absolute Gasteiger partial charge is 0.316 e. The van der Waals surface area contributed by atoms with Gasteiger partial charge in [-0.15, -0.1) is 0 Å². The monoisotopic (exact) mass is 156 g/mol. The van der Waals surface area contributed by atoms with Crippen molar-refractivity contribution < 1.29 is 0 Å². The highest BCUT2D eigenvalue weighted by atomic mass is 32.2. The summed E-state index contributed by atoms with van der Waals surface area (Å²) in [5.74, 6) is 0.274. The molecule has 0 aromatic rings. The van der Waals surface area contributed by atoms with Crippen LogP contribution in [0.5, 0.6) is 0 Å². The first kappa shape index (κ1) is 7.90. The topological polar surface area (TPSA) is 35.8 Å². The highest BCUT2D eigenvalue weighted by Crippen LogP contribution is 2.21. The molecule has 2 nitrogen and oxygen atoms in total. The van der Waals surface area contributed by atoms with E-state index in [9.17, 15) is 0 Å². The molecule has 0 bridgehead atoms. The molecule has 10 heavy (non-hydrogen) atoms. The van der Waals surface area contributed by atoms with Crippen LogP contribution >= 0.6 is 11.8 Å². The molecular weight excluding hydrogens is 144 g/mol. The minimum absolute atomic E-state index is 0.274. The second-order valence-electron chi connectivity index (χ2n) is 2.50. The number of nitrogens with one attached hydrogen (secondary N) is 1. The van der Waals surface area contributed by atoms with Gasteiger partial charge in [-0.25, -0.2) is 0 Å². The van der Waals surface area contributed by atoms with Crippen molar-refractivity contribution in [1.29, 1.82) is 5.26 Å². The zero-order chi connectivity index (χ0) is 7.40. The van der Waals surface area contributed by atoms with Crippen molar-refractivity contribution >= 4 is 11.8 Å². The van der Waals surface area contributed by atoms with E-state index < -0.39 is 0 Å². The average Bonchev–Trinajstić information content (AvgIpc) is 2.04. The highest BCUT2D eigenvalue weighted by molar-refractivity contribution is 7.99. The van der Waals surface area contributed by atoms with Crippen LogP contribution < -0.4 is 5.32 Å². The van der Waals surface area contributed by atoms with Gasteiger partial charge in [-0.3, -0.25) is 0 Å². The van der Waals surface area contributed by atoms with Gasteiger partial charge >= 0.3 is 0 Å². The Labute approximate surface area is 66.0 Å². The lowest BCUT2D eigenvalue weighted by Crippen LogP contribution is -2.37. The Morgan fingerprint density at radius 2 is 2.50 bits per heavy atom. The normalized spacial score (nSPS) is 33.2. The number of thioether (sulfide) groups is 1. The third kappa shape index (κ3) is 1.65. The predicted octanol–water partition coefficient (Wildman–Crippen LogP) is 0.851. The van der Waals surface area contributed by atoms with Gasteiger partial charge in [0.05, 0.1) is 12.0 Å². The summed E-state index contributed by atoms with van der Waals surface area (Å²) in [7, 11) is 0. The molecule has 0 aromatic heterocycles. The molecule has 1 heterocycles. The average molecular weight is 156 g/mol. The van der Waals surface area contributed by atoms with Gasteiger partial charge < -0.3 is 5.32 Å². The van der Waals surface area contributed by atoms with Crippen LogP contribution in [-0.4, -0.2) is 24.6 Å². The van der Waals surface area contributed by atoms with Crippen LogP contribution in [0, 0.1) is 17.2 Å². The predicted molar refractivity (Wildman–Crippen MR) is 43.9 cm³/mol. The number of hydrogen-bond acceptors (Lipinski definition) is 3. The molecule has 1 aliphatic heterocycles. The molecule has 0 saturated carbocycles. The Morgan fingerprint density at radius 1 is 1.70 bits per heavy atom. The van der Waals surface area contributed by atoms with Crippen LogP contribution in [0.1, 0.15) is 6.42 Å². The maximum Gasteiger partial charge on any atom is 0.0668 e. The number of nitriles is 1. The van der Waals surface area contributed by atoms with Crippen molar-refractivity contribution in [3.8, 4) is 6.07 Å². The zero-order valence-corrected chi connectivity index (χ0v) is 6.95. The lowest BCUT2D eigenvalue weighted by Gasteiger charge is -2.25. The minimum Gasteiger partial charge on any atom is -0.316 e. The molecule has 2 atom stereocenters. The van der Waals surface area contributed by atoms with Crippen molar-refractivity contribution in [2.24, 2.45) is 5.92 Å². The fraction of sp³-hybridized carbons (Fsp3) is 0.857. The standard InChI is InChI=1S/C7H12N2S/c1-10-7-5-9-3-2-6(7)4-8/h6-7,9H,2-3,5H2,1H3/t6-,7+/m1/s1. The number of hydrogen-bond donors (Lipinski definition) is 1. The summed E-state index contributed by atoms with van der Waals surface area (Å²) in [6.07, 6.45) is 3.09. The molecule has 0 amide bonds. The van der Waals surface area contributed by atoms with Crippen LogP contribution in [0.4, 0.5) is 0 Å². The van der Waals surface area contributed by atoms with Crippen LogP contribution in [0.2, 0.25) is 0 Å². The van der Waals surface area contributed by atoms with Gasteiger partial charge in [0.2, 0.25) is 0 Å². The van der Waals surface area contributed by atoms with Crippen molar-refractivity contribution in [1.82, 2.24) is 5.32 Å². The molecule has 3 heteroatoms. The van der Waals surface area contributed by atoms with E-state index >= 15 is 0 Å². The third-order valence-electron chi connectivity index (χ3n) is 1.89. The summed E-state index contributed by atoms with van der Waals surface area (Å²) < 4.78 is 0. The molecule has 0 aromatic carbocycles. The van der Waals surface area contributed by atoms with Gasteiger partial charge in [0.1, 0.15) is 0 Å². The Balaban J connectivity index is 2.44. The number of piperidine rings is 1. The van der Waals surface area contributed by atoms with Crippen LogP contribution in [0.3, 0.4) is 0 Å². The van der Waals surface area contributed by atoms with Crippen molar-refractivity contribution in [2.75, 3.05) is 19.3 Å². The molecule has 1 fully saturated rings. The van der Waals surface area contributed by atoms with E-state index in [1.165, 1.54) is 0 Å². The first-order chi connectivity index (χ1) is 4.88. The van der Waals surface area contributed by atoms with Crippen molar-refractivity contribution in [2.45, 2.75) is 11.7 Å². The van der Waals surface area contributed by atoms with E-state index in [1.54, 1.807) is 11.8 Å². The Morgan fingerprint density at radius 3 is 3.00 bits per heavy atom. The quantitative estimate of drug-likeness (QED) is 0.611. The summed E-state index contributed by atoms with van der Waals surface area (Å²) in [6.45, 7) is 2.01. The van der Waals surface area contributed by atoms with E-state index in [-0.39, 0.29) is 5.92 Å². The second-order valence-corrected chi connectivity index (χ2v) is 3.58. The smallest absolute Gasteiger partial charge is 0.0668 e. The minimum atomic E-state index is 0.274. The molecule has 1 N–H and O–H groups in total. The first-order valence-corrected chi connectivity index (χ1v) is 4.80. The van der Waals surface area contributed by atoms with Gasteiger partial charge in [0, 0.05) is 11.8 Å². The SMILES string of the molecule is CS[C@H]1CNCC[C@@H]1C#N. The molecule has 0 radical (unpaired) electrons. The fourth-order valence-corrected chi connectivity index (χ4v) is 2.04. The molecule has 0 unspecified atom stereocenters. The second kappa shape index (κ2) is 3.85. The maximum atomic E-state index is 8.70. The Bertz CT molecular complexity index is 141. The number of rotatable bonds is 1. The van der Waals surface area contributed by atoms with Gasteiger partial charge in [0.25, 0.3) is 0 Å². The van der Waals surface area contributed by atoms with Gasteiger partial charge in [0.15, 0.2) is 0 Å². The lowest BCUT2D eigenvalue weighted by atomic mass is 10.00. The summed E-state index contributed by atoms with van der Waals surface area (Å²) in [6, 6.07) is 2.34. The van der Waals surface area contributed by atoms with E-state index in [4.69, 9.17) is 5.26 Å². The van der Waals surface area contributed by atoms with Gasteiger partial charge in [-0.05, 0) is 19.2 Å². The van der Waals surface area contributed by atoms with Gasteiger partial charge in [-0.2, -0.15) is 17.0 Å². The molecule has 0 spiro atoms. The molecular formula is C7H12N2S. The molecule has 1 rings (SSSR count). The van der Waals surface area contributed by atoms with E-state index in [0.717, 1.165) is 19.5 Å². The van der Waals surface area contributed by atoms with Crippen LogP contribution in [0.25, 0.3) is 0 Å². The number of nitrogens with zero attached hydrogens (tertiary/aromatic N) is 1. The Hall–Kier alpha value is -0.200. The van der Waals surface area contributed by atoms with Crippen molar-refractivity contribution in [3.63, 3.8) is 0 Å². The molecule has 56 valence electrons. The molecule has 1 aliphatic rings. The maximum absolute atomic E-state index is 8.70. The van der Waals surface area contributed by atoms with E-state index in [0.29, 0.717) is 5.25 Å². The van der Waals surface area contributed by atoms with Crippen LogP contribution in [0.15, 0.2) is 0 Å².